The predicted octanol–water partition coefficient (Wildman–Crippen LogP) is 5.02. The largest absolute Gasteiger partial charge is 0.395 e. The third-order valence-electron chi connectivity index (χ3n) is 5.54. The van der Waals surface area contributed by atoms with E-state index in [2.05, 4.69) is 56.3 Å². The predicted molar refractivity (Wildman–Crippen MR) is 123 cm³/mol. The van der Waals surface area contributed by atoms with Gasteiger partial charge in [-0.25, -0.2) is 0 Å². The summed E-state index contributed by atoms with van der Waals surface area (Å²) in [4.78, 5) is 2.50. The molecule has 1 aliphatic heterocycles. The molecule has 4 heteroatoms. The van der Waals surface area contributed by atoms with E-state index in [4.69, 9.17) is 0 Å². The Bertz CT molecular complexity index is 446. The van der Waals surface area contributed by atoms with Crippen molar-refractivity contribution < 1.29 is 5.11 Å². The molecule has 0 bridgehead atoms. The van der Waals surface area contributed by atoms with Crippen LogP contribution < -0.4 is 5.32 Å². The van der Waals surface area contributed by atoms with Crippen LogP contribution in [0.5, 0.6) is 0 Å². The van der Waals surface area contributed by atoms with Crippen LogP contribution in [0.4, 0.5) is 0 Å². The molecule has 0 aromatic heterocycles. The van der Waals surface area contributed by atoms with Crippen molar-refractivity contribution in [2.75, 3.05) is 31.7 Å². The van der Waals surface area contributed by atoms with Crippen molar-refractivity contribution in [2.24, 2.45) is 0 Å². The molecule has 1 heterocycles. The van der Waals surface area contributed by atoms with Gasteiger partial charge in [0.2, 0.25) is 0 Å². The van der Waals surface area contributed by atoms with Crippen LogP contribution in [0.25, 0.3) is 0 Å². The Morgan fingerprint density at radius 1 is 1.22 bits per heavy atom. The molecular weight excluding hydrogens is 352 g/mol. The summed E-state index contributed by atoms with van der Waals surface area (Å²) >= 11 is 1.93. The SMILES string of the molecule is CSCCC(CN1CCCC1CO)NC(C)CC/C=C(\C)CCC=C(C)C. The summed E-state index contributed by atoms with van der Waals surface area (Å²) in [6, 6.07) is 1.45. The Kier molecular flexibility index (Phi) is 13.4. The van der Waals surface area contributed by atoms with E-state index in [1.165, 1.54) is 42.6 Å². The quantitative estimate of drug-likeness (QED) is 0.404. The Morgan fingerprint density at radius 2 is 2.00 bits per heavy atom. The third kappa shape index (κ3) is 11.3. The van der Waals surface area contributed by atoms with Gasteiger partial charge in [-0.2, -0.15) is 11.8 Å². The lowest BCUT2D eigenvalue weighted by Gasteiger charge is -2.30. The van der Waals surface area contributed by atoms with Crippen LogP contribution in [0.3, 0.4) is 0 Å². The molecule has 1 rings (SSSR count). The molecule has 0 spiro atoms. The van der Waals surface area contributed by atoms with Crippen LogP contribution >= 0.6 is 11.8 Å². The van der Waals surface area contributed by atoms with Crippen molar-refractivity contribution in [1.29, 1.82) is 0 Å². The standard InChI is InChI=1S/C23H44N2OS/c1-19(2)9-6-10-20(3)11-7-12-21(4)24-22(14-16-27-5)17-25-15-8-13-23(25)18-26/h9,11,21-24,26H,6-8,10,12-18H2,1-5H3/b20-11+. The summed E-state index contributed by atoms with van der Waals surface area (Å²) in [5, 5.41) is 13.5. The first-order valence-electron chi connectivity index (χ1n) is 10.8. The minimum Gasteiger partial charge on any atom is -0.395 e. The molecule has 3 unspecified atom stereocenters. The Hall–Kier alpha value is -0.290. The van der Waals surface area contributed by atoms with Gasteiger partial charge >= 0.3 is 0 Å². The van der Waals surface area contributed by atoms with Crippen LogP contribution in [0, 0.1) is 0 Å². The first-order chi connectivity index (χ1) is 13.0. The van der Waals surface area contributed by atoms with Crippen molar-refractivity contribution >= 4 is 11.8 Å². The van der Waals surface area contributed by atoms with Gasteiger partial charge in [0.25, 0.3) is 0 Å². The number of nitrogens with zero attached hydrogens (tertiary/aromatic N) is 1. The molecule has 3 nitrogen and oxygen atoms in total. The number of rotatable bonds is 14. The molecular formula is C23H44N2OS. The van der Waals surface area contributed by atoms with Gasteiger partial charge < -0.3 is 10.4 Å². The highest BCUT2D eigenvalue weighted by Crippen LogP contribution is 2.18. The molecule has 0 saturated carbocycles. The van der Waals surface area contributed by atoms with E-state index in [0.717, 1.165) is 32.4 Å². The van der Waals surface area contributed by atoms with Gasteiger partial charge in [-0.1, -0.05) is 23.3 Å². The first kappa shape index (κ1) is 24.7. The number of allylic oxidation sites excluding steroid dienone is 4. The second kappa shape index (κ2) is 14.7. The number of aliphatic hydroxyl groups excluding tert-OH is 1. The topological polar surface area (TPSA) is 35.5 Å². The normalized spacial score (nSPS) is 20.7. The van der Waals surface area contributed by atoms with Gasteiger partial charge in [0, 0.05) is 24.7 Å². The first-order valence-corrected chi connectivity index (χ1v) is 12.2. The number of hydrogen-bond donors (Lipinski definition) is 2. The fourth-order valence-corrected chi connectivity index (χ4v) is 4.39. The van der Waals surface area contributed by atoms with E-state index >= 15 is 0 Å². The minimum absolute atomic E-state index is 0.307. The van der Waals surface area contributed by atoms with Gasteiger partial charge in [-0.15, -0.1) is 0 Å². The van der Waals surface area contributed by atoms with Crippen molar-refractivity contribution in [3.63, 3.8) is 0 Å². The highest BCUT2D eigenvalue weighted by Gasteiger charge is 2.26. The summed E-state index contributed by atoms with van der Waals surface area (Å²) in [7, 11) is 0. The van der Waals surface area contributed by atoms with E-state index < -0.39 is 0 Å². The maximum atomic E-state index is 9.59. The second-order valence-corrected chi connectivity index (χ2v) is 9.45. The van der Waals surface area contributed by atoms with Crippen molar-refractivity contribution in [2.45, 2.75) is 90.8 Å². The van der Waals surface area contributed by atoms with E-state index in [1.807, 2.05) is 11.8 Å². The zero-order valence-corrected chi connectivity index (χ0v) is 19.3. The molecule has 1 fully saturated rings. The van der Waals surface area contributed by atoms with E-state index in [-0.39, 0.29) is 0 Å². The highest BCUT2D eigenvalue weighted by molar-refractivity contribution is 7.98. The molecule has 0 radical (unpaired) electrons. The Morgan fingerprint density at radius 3 is 2.67 bits per heavy atom. The van der Waals surface area contributed by atoms with Crippen LogP contribution in [-0.2, 0) is 0 Å². The smallest absolute Gasteiger partial charge is 0.0586 e. The van der Waals surface area contributed by atoms with Crippen molar-refractivity contribution in [3.05, 3.63) is 23.3 Å². The maximum Gasteiger partial charge on any atom is 0.0586 e. The summed E-state index contributed by atoms with van der Waals surface area (Å²) in [6.07, 6.45) is 15.2. The molecule has 1 saturated heterocycles. The number of hydrogen-bond acceptors (Lipinski definition) is 4. The molecule has 0 amide bonds. The van der Waals surface area contributed by atoms with Crippen LogP contribution in [0.15, 0.2) is 23.3 Å². The van der Waals surface area contributed by atoms with Crippen LogP contribution in [-0.4, -0.2) is 59.8 Å². The number of aliphatic hydroxyl groups is 1. The van der Waals surface area contributed by atoms with E-state index in [9.17, 15) is 5.11 Å². The number of likely N-dealkylation sites (tertiary alicyclic amines) is 1. The Labute approximate surface area is 173 Å². The average molecular weight is 397 g/mol. The minimum atomic E-state index is 0.307. The molecule has 1 aliphatic rings. The summed E-state index contributed by atoms with van der Waals surface area (Å²) < 4.78 is 0. The highest BCUT2D eigenvalue weighted by atomic mass is 32.2. The monoisotopic (exact) mass is 396 g/mol. The van der Waals surface area contributed by atoms with E-state index in [1.54, 1.807) is 0 Å². The zero-order valence-electron chi connectivity index (χ0n) is 18.5. The van der Waals surface area contributed by atoms with Gasteiger partial charge in [0.1, 0.15) is 0 Å². The molecule has 0 aromatic rings. The van der Waals surface area contributed by atoms with E-state index in [0.29, 0.717) is 24.7 Å². The number of nitrogens with one attached hydrogen (secondary N) is 1. The van der Waals surface area contributed by atoms with Crippen molar-refractivity contribution in [3.8, 4) is 0 Å². The zero-order chi connectivity index (χ0) is 20.1. The second-order valence-electron chi connectivity index (χ2n) is 8.47. The van der Waals surface area contributed by atoms with Crippen LogP contribution in [0.2, 0.25) is 0 Å². The van der Waals surface area contributed by atoms with Gasteiger partial charge in [-0.3, -0.25) is 4.90 Å². The van der Waals surface area contributed by atoms with Gasteiger partial charge in [0.05, 0.1) is 6.61 Å². The molecule has 158 valence electrons. The fourth-order valence-electron chi connectivity index (χ4n) is 3.87. The molecule has 2 N–H and O–H groups in total. The summed E-state index contributed by atoms with van der Waals surface area (Å²) in [6.45, 7) is 11.5. The van der Waals surface area contributed by atoms with Crippen molar-refractivity contribution in [1.82, 2.24) is 10.2 Å². The maximum absolute atomic E-state index is 9.59. The fraction of sp³-hybridized carbons (Fsp3) is 0.826. The lowest BCUT2D eigenvalue weighted by Crippen LogP contribution is -2.47. The third-order valence-corrected chi connectivity index (χ3v) is 6.18. The van der Waals surface area contributed by atoms with Crippen LogP contribution in [0.1, 0.15) is 72.6 Å². The lowest BCUT2D eigenvalue weighted by atomic mass is 10.1. The Balaban J connectivity index is 2.39. The average Bonchev–Trinajstić information content (AvgIpc) is 3.06. The van der Waals surface area contributed by atoms with Gasteiger partial charge in [-0.05, 0) is 91.2 Å². The molecule has 3 atom stereocenters. The molecule has 0 aromatic carbocycles. The number of thioether (sulfide) groups is 1. The van der Waals surface area contributed by atoms with Gasteiger partial charge in [0.15, 0.2) is 0 Å². The lowest BCUT2D eigenvalue weighted by molar-refractivity contribution is 0.145. The summed E-state index contributed by atoms with van der Waals surface area (Å²) in [5.74, 6) is 1.20. The molecule has 0 aliphatic carbocycles. The summed E-state index contributed by atoms with van der Waals surface area (Å²) in [5.41, 5.74) is 2.93. The molecule has 27 heavy (non-hydrogen) atoms.